The molecule has 0 bridgehead atoms. The van der Waals surface area contributed by atoms with E-state index in [2.05, 4.69) is 26.0 Å². The zero-order valence-electron chi connectivity index (χ0n) is 38.9. The van der Waals surface area contributed by atoms with Crippen molar-refractivity contribution >= 4 is 86.9 Å². The van der Waals surface area contributed by atoms with E-state index in [1.54, 1.807) is 12.1 Å². The predicted molar refractivity (Wildman–Crippen MR) is 257 cm³/mol. The summed E-state index contributed by atoms with van der Waals surface area (Å²) in [5, 5.41) is 16.2. The third kappa shape index (κ3) is 27.7. The summed E-state index contributed by atoms with van der Waals surface area (Å²) in [7, 11) is 6.28. The van der Waals surface area contributed by atoms with Gasteiger partial charge in [0.2, 0.25) is 0 Å². The van der Waals surface area contributed by atoms with Crippen LogP contribution in [0.5, 0.6) is 0 Å². The largest absolute Gasteiger partial charge is 0.478 e. The van der Waals surface area contributed by atoms with Gasteiger partial charge in [-0.05, 0) is 104 Å². The van der Waals surface area contributed by atoms with Crippen LogP contribution < -0.4 is 4.48 Å². The maximum absolute atomic E-state index is 12.6. The number of imide groups is 1. The molecule has 1 saturated heterocycles. The van der Waals surface area contributed by atoms with Crippen molar-refractivity contribution < 1.29 is 82.3 Å². The Morgan fingerprint density at radius 3 is 1.26 bits per heavy atom. The summed E-state index contributed by atoms with van der Waals surface area (Å²) in [6.45, 7) is 5.13. The smallest absolute Gasteiger partial charge is 0.363 e. The van der Waals surface area contributed by atoms with E-state index in [4.69, 9.17) is 25.9 Å². The van der Waals surface area contributed by atoms with Crippen LogP contribution in [0.2, 0.25) is 0 Å². The molecule has 21 heteroatoms. The molecule has 374 valence electrons. The van der Waals surface area contributed by atoms with E-state index in [-0.39, 0.29) is 29.8 Å². The van der Waals surface area contributed by atoms with E-state index in [1.165, 1.54) is 75.0 Å². The normalized spacial score (nSPS) is 10.9. The zero-order chi connectivity index (χ0) is 53.4. The molecule has 1 heterocycles. The van der Waals surface area contributed by atoms with E-state index >= 15 is 0 Å². The molecule has 0 aliphatic carbocycles. The van der Waals surface area contributed by atoms with Crippen molar-refractivity contribution in [3.05, 3.63) is 171 Å². The standard InChI is InChI=1S/C11H8FNO4.C10H11IO4.C10H14NO.C7H5FO2.C7H5FO.C2H4O2.C2H4O/c12-8-3-1-7(2-4-8)11(16)17-13-9(14)5-6-10(13)15;1-8(12)14-11(15-9(2)13)10-6-4-3-5-7-10;1-11(2,3)10-6-4-9(8-12)5-7-10;8-6-3-1-5(2-4-6)7(9)10;8-7-3-1-6(5-9)2-4-7;1-2(3)4;1-2-3/h1-4H,5-6H2;3-7H,1-2H3;4-8H,1-3H3;1-4H,(H,9,10);1-5H;1H3,(H,3,4);2H,1H3/q;;+1;;;;/i12-1;;;2*8-1;;. The molecule has 0 aromatic heterocycles. The molecule has 70 heavy (non-hydrogen) atoms. The molecule has 6 rings (SSSR count). The van der Waals surface area contributed by atoms with Gasteiger partial charge in [0.15, 0.2) is 0 Å². The molecule has 2 amide bonds. The molecule has 5 aromatic carbocycles. The maximum atomic E-state index is 12.6. The first-order valence-electron chi connectivity index (χ1n) is 20.0. The number of carbonyl (C=O) groups is 10. The Hall–Kier alpha value is -7.92. The first-order chi connectivity index (χ1) is 32.9. The number of rotatable bonds is 9. The number of hydroxylamine groups is 2. The third-order valence-electron chi connectivity index (χ3n) is 7.43. The van der Waals surface area contributed by atoms with Crippen molar-refractivity contribution in [3.63, 3.8) is 0 Å². The number of halogens is 4. The molecule has 0 saturated carbocycles. The number of aliphatic carboxylic acids is 1. The number of amides is 2. The summed E-state index contributed by atoms with van der Waals surface area (Å²) >= 11 is -2.59. The number of nitrogens with zero attached hydrogens (tertiary/aromatic N) is 2. The molecular formula is C49H51F3IN2O15+. The molecule has 0 atom stereocenters. The van der Waals surface area contributed by atoms with Crippen molar-refractivity contribution in [2.24, 2.45) is 0 Å². The Kier molecular flexibility index (Phi) is 29.7. The number of quaternary nitrogens is 1. The second kappa shape index (κ2) is 33.5. The Morgan fingerprint density at radius 1 is 0.586 bits per heavy atom. The minimum absolute atomic E-state index is 0.0372. The van der Waals surface area contributed by atoms with Crippen LogP contribution in [-0.2, 0) is 39.7 Å². The van der Waals surface area contributed by atoms with Crippen LogP contribution >= 0.6 is 20.6 Å². The van der Waals surface area contributed by atoms with Gasteiger partial charge in [-0.3, -0.25) is 28.5 Å². The summed E-state index contributed by atoms with van der Waals surface area (Å²) in [5.41, 5.74) is 2.59. The minimum atomic E-state index is -2.59. The Balaban J connectivity index is 0.000000834. The number of carboxylic acid groups (broad SMARTS) is 2. The number of hydrogen-bond donors (Lipinski definition) is 2. The fourth-order valence-corrected chi connectivity index (χ4v) is 7.06. The quantitative estimate of drug-likeness (QED) is 0.0608. The monoisotopic (exact) mass is 1090 g/mol. The van der Waals surface area contributed by atoms with E-state index in [0.29, 0.717) is 16.9 Å². The zero-order valence-corrected chi connectivity index (χ0v) is 41.0. The van der Waals surface area contributed by atoms with Crippen LogP contribution in [0.25, 0.3) is 0 Å². The summed E-state index contributed by atoms with van der Waals surface area (Å²) in [4.78, 5) is 109. The first kappa shape index (κ1) is 62.1. The number of aldehydes is 3. The van der Waals surface area contributed by atoms with Gasteiger partial charge in [-0.1, -0.05) is 0 Å². The molecular weight excluding hydrogens is 1040 g/mol. The van der Waals surface area contributed by atoms with Crippen molar-refractivity contribution in [1.82, 2.24) is 9.55 Å². The van der Waals surface area contributed by atoms with Crippen LogP contribution in [0.4, 0.5) is 18.9 Å². The number of carbonyl (C=O) groups excluding carboxylic acids is 8. The molecule has 2 N–H and O–H groups in total. The summed E-state index contributed by atoms with van der Waals surface area (Å²) in [6.07, 6.45) is 2.37. The molecule has 0 unspecified atom stereocenters. The molecule has 1 aliphatic rings. The fourth-order valence-electron chi connectivity index (χ4n) is 4.33. The second-order valence-electron chi connectivity index (χ2n) is 14.1. The molecule has 1 fully saturated rings. The summed E-state index contributed by atoms with van der Waals surface area (Å²) < 4.78 is 48.5. The number of carboxylic acids is 2. The Morgan fingerprint density at radius 2 is 0.929 bits per heavy atom. The van der Waals surface area contributed by atoms with Crippen molar-refractivity contribution in [1.29, 1.82) is 0 Å². The van der Waals surface area contributed by atoms with Crippen molar-refractivity contribution in [3.8, 4) is 0 Å². The van der Waals surface area contributed by atoms with Crippen LogP contribution in [0.1, 0.15) is 82.0 Å². The van der Waals surface area contributed by atoms with Crippen molar-refractivity contribution in [2.75, 3.05) is 21.1 Å². The minimum Gasteiger partial charge on any atom is -0.478 e. The maximum Gasteiger partial charge on any atom is 0.363 e. The molecule has 17 nitrogen and oxygen atoms in total. The van der Waals surface area contributed by atoms with E-state index < -0.39 is 73.9 Å². The van der Waals surface area contributed by atoms with Gasteiger partial charge in [0.1, 0.15) is 42.0 Å². The number of hydrogen-bond acceptors (Lipinski definition) is 13. The van der Waals surface area contributed by atoms with Gasteiger partial charge < -0.3 is 19.8 Å². The number of aromatic carboxylic acids is 1. The molecule has 0 radical (unpaired) electrons. The SMILES string of the molecule is CC(=O)O.CC(=O)OI(OC(C)=O)c1ccccc1.CC=O.C[N+](C)(C)c1ccc(C=O)cc1.O=C(O)c1ccc([18F])cc1.O=C(ON1C(=O)CCC1=O)c1ccc([18F])cc1.O=Cc1ccc([18F])cc1. The van der Waals surface area contributed by atoms with Crippen LogP contribution in [0.3, 0.4) is 0 Å². The number of benzene rings is 5. The topological polar surface area (TPSA) is 242 Å². The van der Waals surface area contributed by atoms with Crippen LogP contribution in [0, 0.1) is 21.0 Å². The molecule has 0 spiro atoms. The van der Waals surface area contributed by atoms with Gasteiger partial charge in [-0.15, -0.1) is 5.06 Å². The van der Waals surface area contributed by atoms with Crippen LogP contribution in [-0.4, -0.2) is 96.9 Å². The Labute approximate surface area is 409 Å². The fraction of sp³-hybridized carbons (Fsp3) is 0.184. The summed E-state index contributed by atoms with van der Waals surface area (Å²) in [5.74, 6) is -5.93. The average molecular weight is 1090 g/mol. The molecule has 1 aliphatic heterocycles. The van der Waals surface area contributed by atoms with E-state index in [1.807, 2.05) is 42.5 Å². The molecule has 5 aromatic rings. The van der Waals surface area contributed by atoms with Gasteiger partial charge >= 0.3 is 108 Å². The second-order valence-corrected chi connectivity index (χ2v) is 17.4. The van der Waals surface area contributed by atoms with Crippen molar-refractivity contribution in [2.45, 2.75) is 40.5 Å². The average Bonchev–Trinajstić information content (AvgIpc) is 3.62. The van der Waals surface area contributed by atoms with Gasteiger partial charge in [-0.25, -0.2) is 22.8 Å². The van der Waals surface area contributed by atoms with Gasteiger partial charge in [0.25, 0.3) is 17.8 Å². The van der Waals surface area contributed by atoms with Gasteiger partial charge in [-0.2, -0.15) is 0 Å². The predicted octanol–water partition coefficient (Wildman–Crippen LogP) is 8.52. The first-order valence-corrected chi connectivity index (χ1v) is 22.9. The van der Waals surface area contributed by atoms with Crippen LogP contribution in [0.15, 0.2) is 127 Å². The summed E-state index contributed by atoms with van der Waals surface area (Å²) in [6, 6.07) is 31.3. The van der Waals surface area contributed by atoms with Gasteiger partial charge in [0, 0.05) is 30.9 Å². The van der Waals surface area contributed by atoms with Gasteiger partial charge in [0.05, 0.1) is 32.3 Å². The van der Waals surface area contributed by atoms with E-state index in [9.17, 15) is 51.5 Å². The third-order valence-corrected chi connectivity index (χ3v) is 11.2. The Bertz CT molecular complexity index is 2430. The van der Waals surface area contributed by atoms with E-state index in [0.717, 1.165) is 57.4 Å².